The molecule has 61 heavy (non-hydrogen) atoms. The molecule has 0 aromatic heterocycles. The molecule has 0 aliphatic heterocycles. The molecule has 7 aromatic rings. The highest BCUT2D eigenvalue weighted by Gasteiger charge is 2.57. The summed E-state index contributed by atoms with van der Waals surface area (Å²) in [7, 11) is 0. The minimum absolute atomic E-state index is 0.0817. The Labute approximate surface area is 363 Å². The molecule has 2 spiro atoms. The van der Waals surface area contributed by atoms with Gasteiger partial charge in [0.2, 0.25) is 0 Å². The molecule has 302 valence electrons. The summed E-state index contributed by atoms with van der Waals surface area (Å²) in [6.45, 7) is 7.27. The van der Waals surface area contributed by atoms with Gasteiger partial charge in [0.15, 0.2) is 0 Å². The van der Waals surface area contributed by atoms with Crippen molar-refractivity contribution in [2.45, 2.75) is 89.4 Å². The zero-order valence-corrected chi connectivity index (χ0v) is 36.1. The lowest BCUT2D eigenvalue weighted by Crippen LogP contribution is -2.49. The first-order valence-corrected chi connectivity index (χ1v) is 23.5. The van der Waals surface area contributed by atoms with E-state index in [4.69, 9.17) is 0 Å². The molecule has 5 atom stereocenters. The quantitative estimate of drug-likeness (QED) is 0.168. The van der Waals surface area contributed by atoms with Crippen LogP contribution in [0.5, 0.6) is 0 Å². The molecule has 1 heteroatoms. The Bertz CT molecular complexity index is 2800. The van der Waals surface area contributed by atoms with Crippen LogP contribution in [0.2, 0.25) is 0 Å². The van der Waals surface area contributed by atoms with Crippen LogP contribution in [0.4, 0.5) is 17.1 Å². The highest BCUT2D eigenvalue weighted by atomic mass is 15.1. The van der Waals surface area contributed by atoms with E-state index >= 15 is 0 Å². The Morgan fingerprint density at radius 1 is 0.459 bits per heavy atom. The SMILES string of the molecule is Cc1ccc(N(c2ccc(-c3cccc4c3-c3ccccc3C43CCCCC3)cc2)c2cccc(-c3cccc4c3-c3ccccc3[C@@]43[C@H]4CC(C[C@@H](C)C4)C[C@@H]3C)c2)cc1. The Hall–Kier alpha value is -5.66. The van der Waals surface area contributed by atoms with E-state index in [0.717, 1.165) is 11.8 Å². The number of aryl methyl sites for hydroxylation is 1. The Balaban J connectivity index is 0.964. The molecule has 0 amide bonds. The number of anilines is 3. The number of benzene rings is 7. The van der Waals surface area contributed by atoms with Crippen molar-refractivity contribution in [3.63, 3.8) is 0 Å². The third-order valence-electron chi connectivity index (χ3n) is 16.4. The van der Waals surface area contributed by atoms with Gasteiger partial charge in [-0.2, -0.15) is 0 Å². The van der Waals surface area contributed by atoms with E-state index in [1.807, 2.05) is 0 Å². The summed E-state index contributed by atoms with van der Waals surface area (Å²) in [5.41, 5.74) is 22.4. The predicted molar refractivity (Wildman–Crippen MR) is 256 cm³/mol. The van der Waals surface area contributed by atoms with Gasteiger partial charge in [-0.15, -0.1) is 0 Å². The summed E-state index contributed by atoms with van der Waals surface area (Å²) >= 11 is 0. The molecule has 3 fully saturated rings. The van der Waals surface area contributed by atoms with Gasteiger partial charge < -0.3 is 4.90 Å². The zero-order valence-electron chi connectivity index (χ0n) is 36.1. The fraction of sp³-hybridized carbons (Fsp3) is 0.300. The smallest absolute Gasteiger partial charge is 0.0467 e. The minimum atomic E-state index is 0.0817. The monoisotopic (exact) mass is 791 g/mol. The zero-order chi connectivity index (χ0) is 40.9. The largest absolute Gasteiger partial charge is 0.310 e. The first-order chi connectivity index (χ1) is 29.9. The average molecular weight is 792 g/mol. The van der Waals surface area contributed by atoms with Crippen LogP contribution in [0.15, 0.2) is 158 Å². The summed E-state index contributed by atoms with van der Waals surface area (Å²) in [6.07, 6.45) is 11.9. The van der Waals surface area contributed by atoms with Crippen molar-refractivity contribution in [3.8, 4) is 44.5 Å². The maximum absolute atomic E-state index is 2.58. The van der Waals surface area contributed by atoms with Crippen LogP contribution >= 0.6 is 0 Å². The minimum Gasteiger partial charge on any atom is -0.310 e. The van der Waals surface area contributed by atoms with Gasteiger partial charge in [-0.05, 0) is 172 Å². The van der Waals surface area contributed by atoms with E-state index in [1.54, 1.807) is 22.3 Å². The molecule has 3 saturated carbocycles. The average Bonchev–Trinajstić information content (AvgIpc) is 3.75. The second kappa shape index (κ2) is 14.2. The summed E-state index contributed by atoms with van der Waals surface area (Å²) in [6, 6.07) is 61.0. The van der Waals surface area contributed by atoms with Gasteiger partial charge in [0.25, 0.3) is 0 Å². The van der Waals surface area contributed by atoms with Gasteiger partial charge >= 0.3 is 0 Å². The molecule has 0 saturated heterocycles. The molecule has 5 aliphatic carbocycles. The van der Waals surface area contributed by atoms with Crippen molar-refractivity contribution in [3.05, 3.63) is 186 Å². The van der Waals surface area contributed by atoms with Crippen molar-refractivity contribution in [1.29, 1.82) is 0 Å². The topological polar surface area (TPSA) is 3.24 Å². The van der Waals surface area contributed by atoms with Gasteiger partial charge in [0.05, 0.1) is 0 Å². The van der Waals surface area contributed by atoms with Crippen LogP contribution in [-0.4, -0.2) is 0 Å². The van der Waals surface area contributed by atoms with E-state index < -0.39 is 0 Å². The van der Waals surface area contributed by atoms with Crippen molar-refractivity contribution in [1.82, 2.24) is 0 Å². The van der Waals surface area contributed by atoms with Crippen molar-refractivity contribution in [2.75, 3.05) is 4.90 Å². The number of nitrogens with zero attached hydrogens (tertiary/aromatic N) is 1. The second-order valence-corrected chi connectivity index (χ2v) is 19.8. The molecule has 2 bridgehead atoms. The lowest BCUT2D eigenvalue weighted by molar-refractivity contribution is 0.0426. The number of fused-ring (bicyclic) bond motifs is 13. The molecular weight excluding hydrogens is 735 g/mol. The van der Waals surface area contributed by atoms with Crippen LogP contribution in [0.3, 0.4) is 0 Å². The third-order valence-corrected chi connectivity index (χ3v) is 16.4. The van der Waals surface area contributed by atoms with Crippen LogP contribution in [0, 0.1) is 30.6 Å². The third kappa shape index (κ3) is 5.51. The van der Waals surface area contributed by atoms with Gasteiger partial charge in [0, 0.05) is 27.9 Å². The number of rotatable bonds is 5. The number of hydrogen-bond donors (Lipinski definition) is 0. The first kappa shape index (κ1) is 37.1. The van der Waals surface area contributed by atoms with Gasteiger partial charge in [-0.1, -0.05) is 160 Å². The Morgan fingerprint density at radius 2 is 1.05 bits per heavy atom. The highest BCUT2D eigenvalue weighted by Crippen LogP contribution is 2.66. The summed E-state index contributed by atoms with van der Waals surface area (Å²) < 4.78 is 0. The summed E-state index contributed by atoms with van der Waals surface area (Å²) in [5.74, 6) is 2.97. The standard InChI is InChI=1S/C60H57N/c1-39-24-28-46(29-25-39)61(47-30-26-43(27-31-47)49-18-12-22-55-57(49)51-16-5-7-20-53(51)59(55)32-9-4-10-33-59)48-15-11-14-44(38-48)50-19-13-23-56-58(50)52-17-6-8-21-54(52)60(56)41(3)36-42-34-40(2)35-45(60)37-42/h5-8,11-31,38,40-42,45H,4,9-10,32-37H2,1-3H3/t40-,41+,42?,45-,60-/m1/s1. The molecule has 12 rings (SSSR count). The molecule has 1 unspecified atom stereocenters. The summed E-state index contributed by atoms with van der Waals surface area (Å²) in [5, 5.41) is 0. The van der Waals surface area contributed by atoms with Crippen molar-refractivity contribution in [2.24, 2.45) is 23.7 Å². The Morgan fingerprint density at radius 3 is 1.80 bits per heavy atom. The van der Waals surface area contributed by atoms with E-state index in [0.29, 0.717) is 11.8 Å². The highest BCUT2D eigenvalue weighted by molar-refractivity contribution is 5.95. The van der Waals surface area contributed by atoms with E-state index in [-0.39, 0.29) is 10.8 Å². The van der Waals surface area contributed by atoms with Gasteiger partial charge in [0.1, 0.15) is 0 Å². The first-order valence-electron chi connectivity index (χ1n) is 23.5. The molecule has 0 heterocycles. The second-order valence-electron chi connectivity index (χ2n) is 19.8. The van der Waals surface area contributed by atoms with Crippen LogP contribution in [0.25, 0.3) is 44.5 Å². The molecule has 0 radical (unpaired) electrons. The van der Waals surface area contributed by atoms with E-state index in [9.17, 15) is 0 Å². The Kier molecular flexibility index (Phi) is 8.64. The predicted octanol–water partition coefficient (Wildman–Crippen LogP) is 16.4. The van der Waals surface area contributed by atoms with Crippen molar-refractivity contribution >= 4 is 17.1 Å². The fourth-order valence-electron chi connectivity index (χ4n) is 14.2. The summed E-state index contributed by atoms with van der Waals surface area (Å²) in [4.78, 5) is 2.46. The maximum atomic E-state index is 2.58. The molecule has 5 aliphatic rings. The van der Waals surface area contributed by atoms with Crippen molar-refractivity contribution < 1.29 is 0 Å². The number of hydrogen-bond acceptors (Lipinski definition) is 1. The van der Waals surface area contributed by atoms with Crippen LogP contribution in [0.1, 0.15) is 99.5 Å². The van der Waals surface area contributed by atoms with Crippen LogP contribution in [-0.2, 0) is 10.8 Å². The van der Waals surface area contributed by atoms with E-state index in [2.05, 4.69) is 183 Å². The molecular formula is C60H57N. The lowest BCUT2D eigenvalue weighted by atomic mass is 9.49. The normalized spacial score (nSPS) is 23.9. The molecule has 0 N–H and O–H groups in total. The lowest BCUT2D eigenvalue weighted by Gasteiger charge is -2.54. The molecule has 7 aromatic carbocycles. The van der Waals surface area contributed by atoms with Crippen LogP contribution < -0.4 is 4.90 Å². The maximum Gasteiger partial charge on any atom is 0.0467 e. The van der Waals surface area contributed by atoms with Gasteiger partial charge in [-0.25, -0.2) is 0 Å². The molecule has 1 nitrogen and oxygen atoms in total. The fourth-order valence-corrected chi connectivity index (χ4v) is 14.2. The van der Waals surface area contributed by atoms with E-state index in [1.165, 1.54) is 125 Å². The van der Waals surface area contributed by atoms with Gasteiger partial charge in [-0.3, -0.25) is 0 Å².